The standard InChI is InChI=1S/C24H38ClFN2O8S/c1-5-7-24(26)8-6-14(28(10-9-24)11-15-13(3)34-23(33)35-15)21(32)27-16(12(2)25)20-18(30)17(29)19(31)22(36-20)37-4/h12,14,16-20,22,29-31H,5-11H2,1-4H3,(H,27,32)/t12-,14-,16+,17-,18+,19+,20+,22+,24?/m0/s1. The fourth-order valence-electron chi connectivity index (χ4n) is 5.17. The number of hydrogen-bond donors (Lipinski definition) is 4. The molecule has 1 aromatic rings. The van der Waals surface area contributed by atoms with Crippen molar-refractivity contribution in [2.75, 3.05) is 12.8 Å². The van der Waals surface area contributed by atoms with E-state index in [4.69, 9.17) is 25.2 Å². The molecule has 13 heteroatoms. The van der Waals surface area contributed by atoms with Crippen molar-refractivity contribution in [3.63, 3.8) is 0 Å². The zero-order valence-corrected chi connectivity index (χ0v) is 23.1. The van der Waals surface area contributed by atoms with Gasteiger partial charge < -0.3 is 34.2 Å². The van der Waals surface area contributed by atoms with E-state index < -0.39 is 64.7 Å². The fraction of sp³-hybridized carbons (Fsp3) is 0.833. The Bertz CT molecular complexity index is 961. The predicted molar refractivity (Wildman–Crippen MR) is 136 cm³/mol. The van der Waals surface area contributed by atoms with E-state index >= 15 is 4.39 Å². The fourth-order valence-corrected chi connectivity index (χ4v) is 6.06. The van der Waals surface area contributed by atoms with Gasteiger partial charge in [0, 0.05) is 6.54 Å². The zero-order chi connectivity index (χ0) is 27.5. The van der Waals surface area contributed by atoms with Crippen LogP contribution in [-0.4, -0.2) is 91.9 Å². The van der Waals surface area contributed by atoms with Crippen molar-refractivity contribution >= 4 is 29.3 Å². The van der Waals surface area contributed by atoms with Gasteiger partial charge in [-0.25, -0.2) is 9.18 Å². The average molecular weight is 569 g/mol. The summed E-state index contributed by atoms with van der Waals surface area (Å²) >= 11 is 7.57. The lowest BCUT2D eigenvalue weighted by Crippen LogP contribution is -2.65. The van der Waals surface area contributed by atoms with E-state index in [0.717, 1.165) is 11.8 Å². The number of ether oxygens (including phenoxy) is 1. The van der Waals surface area contributed by atoms with Crippen molar-refractivity contribution in [2.45, 2.75) is 112 Å². The van der Waals surface area contributed by atoms with Crippen LogP contribution < -0.4 is 11.1 Å². The van der Waals surface area contributed by atoms with E-state index in [9.17, 15) is 24.9 Å². The van der Waals surface area contributed by atoms with E-state index in [1.165, 1.54) is 0 Å². The second-order valence-corrected chi connectivity index (χ2v) is 11.6. The van der Waals surface area contributed by atoms with Gasteiger partial charge in [0.1, 0.15) is 41.3 Å². The van der Waals surface area contributed by atoms with Crippen LogP contribution in [0.2, 0.25) is 0 Å². The van der Waals surface area contributed by atoms with Gasteiger partial charge in [-0.05, 0) is 45.8 Å². The number of rotatable bonds is 9. The Morgan fingerprint density at radius 3 is 2.54 bits per heavy atom. The molecule has 0 spiro atoms. The molecule has 0 saturated carbocycles. The molecular formula is C24H38ClFN2O8S. The minimum Gasteiger partial charge on any atom is -0.396 e. The van der Waals surface area contributed by atoms with Gasteiger partial charge in [-0.15, -0.1) is 23.4 Å². The lowest BCUT2D eigenvalue weighted by atomic mass is 9.90. The van der Waals surface area contributed by atoms with Gasteiger partial charge in [0.15, 0.2) is 5.76 Å². The Labute approximate surface area is 224 Å². The molecule has 3 rings (SSSR count). The van der Waals surface area contributed by atoms with Crippen LogP contribution in [0.4, 0.5) is 4.39 Å². The number of carbonyl (C=O) groups excluding carboxylic acids is 1. The number of aryl methyl sites for hydroxylation is 1. The Morgan fingerprint density at radius 2 is 1.97 bits per heavy atom. The number of nitrogens with one attached hydrogen (secondary N) is 1. The zero-order valence-electron chi connectivity index (χ0n) is 21.6. The first kappa shape index (κ1) is 30.4. The van der Waals surface area contributed by atoms with E-state index in [2.05, 4.69) is 5.32 Å². The lowest BCUT2D eigenvalue weighted by molar-refractivity contribution is -0.205. The van der Waals surface area contributed by atoms with Crippen LogP contribution in [0.1, 0.15) is 57.5 Å². The molecule has 37 heavy (non-hydrogen) atoms. The SMILES string of the molecule is CCCC1(F)CC[C@@H](C(=O)N[C@@H]([C@H]2O[C@H](SC)[C@H](O)[C@@H](O)[C@H]2O)[C@H](C)Cl)N(Cc2oc(=O)oc2C)CC1. The Morgan fingerprint density at radius 1 is 1.27 bits per heavy atom. The number of aliphatic hydroxyl groups is 3. The third-order valence-corrected chi connectivity index (χ3v) is 8.46. The minimum absolute atomic E-state index is 0.0704. The molecule has 2 fully saturated rings. The van der Waals surface area contributed by atoms with Crippen molar-refractivity contribution < 1.29 is 38.1 Å². The van der Waals surface area contributed by atoms with Crippen LogP contribution in [0.5, 0.6) is 0 Å². The molecule has 0 bridgehead atoms. The number of amides is 1. The van der Waals surface area contributed by atoms with E-state index in [1.54, 1.807) is 25.0 Å². The first-order valence-electron chi connectivity index (χ1n) is 12.6. The molecule has 1 amide bonds. The van der Waals surface area contributed by atoms with Crippen LogP contribution in [0.15, 0.2) is 13.6 Å². The van der Waals surface area contributed by atoms with Crippen molar-refractivity contribution in [3.8, 4) is 0 Å². The molecule has 1 aromatic heterocycles. The topological polar surface area (TPSA) is 146 Å². The minimum atomic E-state index is -1.50. The molecule has 10 nitrogen and oxygen atoms in total. The smallest absolute Gasteiger partial charge is 0.396 e. The largest absolute Gasteiger partial charge is 0.519 e. The quantitative estimate of drug-likeness (QED) is 0.325. The summed E-state index contributed by atoms with van der Waals surface area (Å²) in [5, 5.41) is 33.3. The third kappa shape index (κ3) is 7.09. The third-order valence-electron chi connectivity index (χ3n) is 7.33. The summed E-state index contributed by atoms with van der Waals surface area (Å²) in [7, 11) is 0. The second-order valence-electron chi connectivity index (χ2n) is 10.00. The molecular weight excluding hydrogens is 531 g/mol. The average Bonchev–Trinajstić information content (AvgIpc) is 3.06. The van der Waals surface area contributed by atoms with Crippen LogP contribution in [-0.2, 0) is 16.1 Å². The number of aliphatic hydroxyl groups excluding tert-OH is 3. The first-order valence-corrected chi connectivity index (χ1v) is 14.3. The molecule has 3 heterocycles. The van der Waals surface area contributed by atoms with Crippen molar-refractivity contribution in [1.29, 1.82) is 0 Å². The number of halogens is 2. The number of alkyl halides is 2. The summed E-state index contributed by atoms with van der Waals surface area (Å²) in [6.45, 7) is 5.43. The molecule has 212 valence electrons. The molecule has 4 N–H and O–H groups in total. The molecule has 0 radical (unpaired) electrons. The van der Waals surface area contributed by atoms with E-state index in [0.29, 0.717) is 12.8 Å². The number of nitrogens with zero attached hydrogens (tertiary/aromatic N) is 1. The molecule has 0 aromatic carbocycles. The van der Waals surface area contributed by atoms with Crippen molar-refractivity contribution in [2.24, 2.45) is 0 Å². The maximum atomic E-state index is 15.6. The molecule has 2 aliphatic heterocycles. The Hall–Kier alpha value is -1.15. The van der Waals surface area contributed by atoms with Crippen molar-refractivity contribution in [3.05, 3.63) is 22.1 Å². The molecule has 0 aliphatic carbocycles. The summed E-state index contributed by atoms with van der Waals surface area (Å²) in [6, 6.07) is -1.72. The van der Waals surface area contributed by atoms with E-state index in [-0.39, 0.29) is 43.9 Å². The summed E-state index contributed by atoms with van der Waals surface area (Å²) in [5.41, 5.74) is -2.26. The van der Waals surface area contributed by atoms with E-state index in [1.807, 2.05) is 6.92 Å². The highest BCUT2D eigenvalue weighted by molar-refractivity contribution is 7.99. The molecule has 2 saturated heterocycles. The monoisotopic (exact) mass is 568 g/mol. The second kappa shape index (κ2) is 12.8. The summed E-state index contributed by atoms with van der Waals surface area (Å²) in [5.74, 6) is -0.760. The summed E-state index contributed by atoms with van der Waals surface area (Å²) < 4.78 is 31.5. The van der Waals surface area contributed by atoms with Crippen LogP contribution in [0, 0.1) is 6.92 Å². The number of thioether (sulfide) groups is 1. The van der Waals surface area contributed by atoms with Crippen molar-refractivity contribution in [1.82, 2.24) is 10.2 Å². The van der Waals surface area contributed by atoms with Crippen LogP contribution in [0.3, 0.4) is 0 Å². The highest BCUT2D eigenvalue weighted by atomic mass is 35.5. The van der Waals surface area contributed by atoms with Gasteiger partial charge >= 0.3 is 5.82 Å². The Kier molecular flexibility index (Phi) is 10.5. The van der Waals surface area contributed by atoms with Gasteiger partial charge in [0.2, 0.25) is 5.91 Å². The van der Waals surface area contributed by atoms with Gasteiger partial charge in [-0.1, -0.05) is 13.3 Å². The Balaban J connectivity index is 1.85. The molecule has 9 atom stereocenters. The normalized spacial score (nSPS) is 35.1. The first-order chi connectivity index (χ1) is 17.4. The maximum Gasteiger partial charge on any atom is 0.519 e. The van der Waals surface area contributed by atoms with Gasteiger partial charge in [0.05, 0.1) is 24.0 Å². The van der Waals surface area contributed by atoms with Gasteiger partial charge in [0.25, 0.3) is 0 Å². The number of carbonyl (C=O) groups is 1. The molecule has 1 unspecified atom stereocenters. The predicted octanol–water partition coefficient (Wildman–Crippen LogP) is 1.69. The van der Waals surface area contributed by atoms with Crippen LogP contribution >= 0.6 is 23.4 Å². The van der Waals surface area contributed by atoms with Gasteiger partial charge in [-0.2, -0.15) is 0 Å². The van der Waals surface area contributed by atoms with Crippen LogP contribution in [0.25, 0.3) is 0 Å². The highest BCUT2D eigenvalue weighted by Gasteiger charge is 2.48. The highest BCUT2D eigenvalue weighted by Crippen LogP contribution is 2.35. The number of likely N-dealkylation sites (tertiary alicyclic amines) is 1. The lowest BCUT2D eigenvalue weighted by Gasteiger charge is -2.44. The number of hydrogen-bond acceptors (Lipinski definition) is 10. The molecule has 2 aliphatic rings. The summed E-state index contributed by atoms with van der Waals surface area (Å²) in [6.07, 6.45) is -2.09. The van der Waals surface area contributed by atoms with Gasteiger partial charge in [-0.3, -0.25) is 9.69 Å². The summed E-state index contributed by atoms with van der Waals surface area (Å²) in [4.78, 5) is 27.0. The maximum absolute atomic E-state index is 15.6.